The minimum Gasteiger partial charge on any atom is -0.488 e. The highest BCUT2D eigenvalue weighted by Gasteiger charge is 2.12. The summed E-state index contributed by atoms with van der Waals surface area (Å²) in [6.07, 6.45) is -0.800. The Morgan fingerprint density at radius 1 is 1.08 bits per heavy atom. The lowest BCUT2D eigenvalue weighted by atomic mass is 10.3. The van der Waals surface area contributed by atoms with Crippen LogP contribution in [0.25, 0.3) is 0 Å². The Morgan fingerprint density at radius 2 is 1.81 bits per heavy atom. The zero-order valence-electron chi connectivity index (χ0n) is 13.4. The molecule has 3 aromatic rings. The van der Waals surface area contributed by atoms with E-state index in [-0.39, 0.29) is 18.2 Å². The first kappa shape index (κ1) is 18.6. The summed E-state index contributed by atoms with van der Waals surface area (Å²) in [7, 11) is 0. The second-order valence-electron chi connectivity index (χ2n) is 5.18. The first-order chi connectivity index (χ1) is 12.6. The van der Waals surface area contributed by atoms with Crippen molar-refractivity contribution in [3.05, 3.63) is 60.2 Å². The maximum Gasteiger partial charge on any atom is 0.210 e. The van der Waals surface area contributed by atoms with Crippen molar-refractivity contribution in [2.45, 2.75) is 10.4 Å². The van der Waals surface area contributed by atoms with Crippen LogP contribution in [0.2, 0.25) is 0 Å². The highest BCUT2D eigenvalue weighted by atomic mass is 32.2. The summed E-state index contributed by atoms with van der Waals surface area (Å²) >= 11 is 2.54. The van der Waals surface area contributed by atoms with Crippen LogP contribution >= 0.6 is 23.1 Å². The summed E-state index contributed by atoms with van der Waals surface area (Å²) in [6, 6.07) is 12.3. The van der Waals surface area contributed by atoms with Crippen molar-refractivity contribution < 1.29 is 18.6 Å². The minimum atomic E-state index is -0.800. The molecule has 0 spiro atoms. The van der Waals surface area contributed by atoms with Crippen molar-refractivity contribution in [2.75, 3.05) is 17.7 Å². The number of rotatable bonds is 8. The SMILES string of the molecule is OC(COc1ccccc1F)CSc1nnc(Nc2ccccc2F)s1. The summed E-state index contributed by atoms with van der Waals surface area (Å²) in [6.45, 7) is -0.0347. The molecule has 1 unspecified atom stereocenters. The number of ether oxygens (including phenoxy) is 1. The zero-order valence-corrected chi connectivity index (χ0v) is 15.1. The van der Waals surface area contributed by atoms with Crippen LogP contribution in [-0.2, 0) is 0 Å². The molecule has 0 aliphatic rings. The summed E-state index contributed by atoms with van der Waals surface area (Å²) in [4.78, 5) is 0. The van der Waals surface area contributed by atoms with E-state index in [0.717, 1.165) is 0 Å². The summed E-state index contributed by atoms with van der Waals surface area (Å²) in [5.74, 6) is -0.440. The smallest absolute Gasteiger partial charge is 0.210 e. The average Bonchev–Trinajstić information content (AvgIpc) is 3.09. The fourth-order valence-electron chi connectivity index (χ4n) is 1.96. The van der Waals surface area contributed by atoms with E-state index in [9.17, 15) is 13.9 Å². The van der Waals surface area contributed by atoms with Gasteiger partial charge in [-0.2, -0.15) is 0 Å². The topological polar surface area (TPSA) is 67.3 Å². The van der Waals surface area contributed by atoms with Gasteiger partial charge in [-0.1, -0.05) is 47.4 Å². The van der Waals surface area contributed by atoms with Crippen molar-refractivity contribution in [1.82, 2.24) is 10.2 Å². The number of aromatic nitrogens is 2. The molecule has 0 aliphatic heterocycles. The molecular formula is C17H15F2N3O2S2. The third-order valence-corrected chi connectivity index (χ3v) is 5.31. The van der Waals surface area contributed by atoms with Gasteiger partial charge in [0, 0.05) is 5.75 Å². The van der Waals surface area contributed by atoms with E-state index < -0.39 is 11.9 Å². The Kier molecular flexibility index (Phi) is 6.37. The normalized spacial score (nSPS) is 12.0. The Hall–Kier alpha value is -2.23. The van der Waals surface area contributed by atoms with Gasteiger partial charge in [0.15, 0.2) is 15.9 Å². The van der Waals surface area contributed by atoms with Gasteiger partial charge < -0.3 is 15.2 Å². The number of hydrogen-bond donors (Lipinski definition) is 2. The van der Waals surface area contributed by atoms with Crippen LogP contribution in [-0.4, -0.2) is 33.8 Å². The van der Waals surface area contributed by atoms with Crippen molar-refractivity contribution in [3.8, 4) is 5.75 Å². The van der Waals surface area contributed by atoms with Crippen LogP contribution in [0.4, 0.5) is 19.6 Å². The number of aliphatic hydroxyl groups is 1. The van der Waals surface area contributed by atoms with E-state index in [4.69, 9.17) is 4.74 Å². The second-order valence-corrected chi connectivity index (χ2v) is 7.43. The molecular weight excluding hydrogens is 380 g/mol. The summed E-state index contributed by atoms with van der Waals surface area (Å²) in [5.41, 5.74) is 0.318. The Bertz CT molecular complexity index is 863. The predicted octanol–water partition coefficient (Wildman–Crippen LogP) is 4.09. The van der Waals surface area contributed by atoms with Gasteiger partial charge in [-0.25, -0.2) is 8.78 Å². The predicted molar refractivity (Wildman–Crippen MR) is 98.2 cm³/mol. The maximum absolute atomic E-state index is 13.6. The fraction of sp³-hybridized carbons (Fsp3) is 0.176. The van der Waals surface area contributed by atoms with Crippen LogP contribution in [0, 0.1) is 11.6 Å². The first-order valence-electron chi connectivity index (χ1n) is 7.65. The van der Waals surface area contributed by atoms with Crippen LogP contribution in [0.1, 0.15) is 0 Å². The molecule has 1 aromatic heterocycles. The standard InChI is InChI=1S/C17H15F2N3O2S2/c18-12-5-1-3-7-14(12)20-16-21-22-17(26-16)25-10-11(23)9-24-15-8-4-2-6-13(15)19/h1-8,11,23H,9-10H2,(H,20,21). The van der Waals surface area contributed by atoms with Crippen LogP contribution in [0.15, 0.2) is 52.9 Å². The number of thioether (sulfide) groups is 1. The maximum atomic E-state index is 13.6. The van der Waals surface area contributed by atoms with Gasteiger partial charge in [-0.15, -0.1) is 10.2 Å². The number of para-hydroxylation sites is 2. The third-order valence-electron chi connectivity index (χ3n) is 3.19. The van der Waals surface area contributed by atoms with Gasteiger partial charge in [0.05, 0.1) is 11.8 Å². The summed E-state index contributed by atoms with van der Waals surface area (Å²) in [5, 5.41) is 21.2. The fourth-order valence-corrected chi connectivity index (χ4v) is 3.66. The number of hydrogen-bond acceptors (Lipinski definition) is 7. The number of nitrogens with one attached hydrogen (secondary N) is 1. The minimum absolute atomic E-state index is 0.0347. The quantitative estimate of drug-likeness (QED) is 0.560. The number of aliphatic hydroxyl groups excluding tert-OH is 1. The molecule has 9 heteroatoms. The largest absolute Gasteiger partial charge is 0.488 e. The molecule has 3 rings (SSSR count). The van der Waals surface area contributed by atoms with E-state index >= 15 is 0 Å². The number of anilines is 2. The second kappa shape index (κ2) is 8.93. The van der Waals surface area contributed by atoms with Gasteiger partial charge in [0.25, 0.3) is 0 Å². The van der Waals surface area contributed by atoms with Crippen molar-refractivity contribution in [3.63, 3.8) is 0 Å². The molecule has 0 saturated heterocycles. The van der Waals surface area contributed by atoms with Gasteiger partial charge >= 0.3 is 0 Å². The average molecular weight is 395 g/mol. The van der Waals surface area contributed by atoms with E-state index in [2.05, 4.69) is 15.5 Å². The van der Waals surface area contributed by atoms with Crippen molar-refractivity contribution in [1.29, 1.82) is 0 Å². The van der Waals surface area contributed by atoms with Crippen LogP contribution in [0.5, 0.6) is 5.75 Å². The molecule has 0 bridgehead atoms. The van der Waals surface area contributed by atoms with Gasteiger partial charge in [0.2, 0.25) is 5.13 Å². The lowest BCUT2D eigenvalue weighted by Gasteiger charge is -2.11. The highest BCUT2D eigenvalue weighted by molar-refractivity contribution is 8.01. The van der Waals surface area contributed by atoms with Gasteiger partial charge in [-0.05, 0) is 24.3 Å². The molecule has 2 N–H and O–H groups in total. The highest BCUT2D eigenvalue weighted by Crippen LogP contribution is 2.29. The van der Waals surface area contributed by atoms with E-state index in [1.165, 1.54) is 41.3 Å². The van der Waals surface area contributed by atoms with Gasteiger partial charge in [0.1, 0.15) is 12.4 Å². The van der Waals surface area contributed by atoms with Gasteiger partial charge in [-0.3, -0.25) is 0 Å². The molecule has 0 saturated carbocycles. The van der Waals surface area contributed by atoms with E-state index in [1.807, 2.05) is 0 Å². The number of halogens is 2. The van der Waals surface area contributed by atoms with E-state index in [1.54, 1.807) is 30.3 Å². The Balaban J connectivity index is 1.47. The Labute approximate surface area is 157 Å². The van der Waals surface area contributed by atoms with E-state index in [0.29, 0.717) is 20.9 Å². The molecule has 0 amide bonds. The molecule has 0 aliphatic carbocycles. The number of benzene rings is 2. The number of nitrogens with zero attached hydrogens (tertiary/aromatic N) is 2. The van der Waals surface area contributed by atoms with Crippen molar-refractivity contribution in [2.24, 2.45) is 0 Å². The summed E-state index contributed by atoms with van der Waals surface area (Å²) < 4.78 is 32.9. The lowest BCUT2D eigenvalue weighted by molar-refractivity contribution is 0.123. The molecule has 0 radical (unpaired) electrons. The molecule has 136 valence electrons. The zero-order chi connectivity index (χ0) is 18.4. The van der Waals surface area contributed by atoms with Crippen LogP contribution < -0.4 is 10.1 Å². The monoisotopic (exact) mass is 395 g/mol. The van der Waals surface area contributed by atoms with Crippen molar-refractivity contribution >= 4 is 33.9 Å². The molecule has 26 heavy (non-hydrogen) atoms. The first-order valence-corrected chi connectivity index (χ1v) is 9.45. The molecule has 2 aromatic carbocycles. The molecule has 5 nitrogen and oxygen atoms in total. The molecule has 0 fully saturated rings. The molecule has 1 heterocycles. The molecule has 1 atom stereocenters. The lowest BCUT2D eigenvalue weighted by Crippen LogP contribution is -2.20. The Morgan fingerprint density at radius 3 is 2.58 bits per heavy atom. The third kappa shape index (κ3) is 5.13. The van der Waals surface area contributed by atoms with Crippen LogP contribution in [0.3, 0.4) is 0 Å².